The molecule has 160 valence electrons. The lowest BCUT2D eigenvalue weighted by molar-refractivity contribution is -0.192. The summed E-state index contributed by atoms with van der Waals surface area (Å²) in [5.41, 5.74) is 2.29. The predicted molar refractivity (Wildman–Crippen MR) is 109 cm³/mol. The van der Waals surface area contributed by atoms with E-state index < -0.39 is 12.1 Å². The molecule has 0 radical (unpaired) electrons. The maximum atomic E-state index is 10.6. The van der Waals surface area contributed by atoms with Crippen molar-refractivity contribution in [2.24, 2.45) is 0 Å². The summed E-state index contributed by atoms with van der Waals surface area (Å²) in [5, 5.41) is 9.55. The van der Waals surface area contributed by atoms with E-state index in [-0.39, 0.29) is 0 Å². The van der Waals surface area contributed by atoms with Crippen molar-refractivity contribution in [3.05, 3.63) is 66.1 Å². The van der Waals surface area contributed by atoms with Crippen LogP contribution < -0.4 is 4.90 Å². The summed E-state index contributed by atoms with van der Waals surface area (Å²) in [6.45, 7) is 1.68. The van der Waals surface area contributed by atoms with Gasteiger partial charge in [-0.05, 0) is 30.1 Å². The zero-order chi connectivity index (χ0) is 22.3. The number of fused-ring (bicyclic) bond motifs is 1. The molecule has 3 aromatic rings. The van der Waals surface area contributed by atoms with Crippen molar-refractivity contribution in [3.63, 3.8) is 0 Å². The first-order chi connectivity index (χ1) is 14.1. The van der Waals surface area contributed by atoms with E-state index in [1.54, 1.807) is 0 Å². The smallest absolute Gasteiger partial charge is 0.475 e. The molecule has 30 heavy (non-hydrogen) atoms. The molecular formula is C21H23F3N4O2. The van der Waals surface area contributed by atoms with E-state index in [1.807, 2.05) is 37.5 Å². The SMILES string of the molecule is CN(Cc1ccc(N(C)C)nc1)Cc1cc2ccccc2cn1.O=C(O)C(F)(F)F. The van der Waals surface area contributed by atoms with Crippen LogP contribution in [0.4, 0.5) is 19.0 Å². The van der Waals surface area contributed by atoms with E-state index >= 15 is 0 Å². The van der Waals surface area contributed by atoms with Gasteiger partial charge in [0.15, 0.2) is 0 Å². The minimum absolute atomic E-state index is 0.820. The van der Waals surface area contributed by atoms with Crippen molar-refractivity contribution in [2.45, 2.75) is 19.3 Å². The van der Waals surface area contributed by atoms with Gasteiger partial charge in [-0.25, -0.2) is 9.78 Å². The van der Waals surface area contributed by atoms with Gasteiger partial charge >= 0.3 is 12.1 Å². The van der Waals surface area contributed by atoms with Crippen molar-refractivity contribution >= 4 is 22.6 Å². The fourth-order valence-corrected chi connectivity index (χ4v) is 2.63. The number of pyridine rings is 2. The molecule has 1 N–H and O–H groups in total. The first-order valence-electron chi connectivity index (χ1n) is 9.01. The van der Waals surface area contributed by atoms with E-state index in [0.717, 1.165) is 24.6 Å². The second-order valence-electron chi connectivity index (χ2n) is 6.92. The summed E-state index contributed by atoms with van der Waals surface area (Å²) >= 11 is 0. The standard InChI is InChI=1S/C19H22N4.C2HF3O2/c1-22(2)19-9-8-15(11-21-19)13-23(3)14-18-10-16-6-4-5-7-17(16)12-20-18;3-2(4,5)1(6)7/h4-12H,13-14H2,1-3H3;(H,6,7). The third-order valence-corrected chi connectivity index (χ3v) is 4.08. The number of alkyl halides is 3. The van der Waals surface area contributed by atoms with Crippen molar-refractivity contribution < 1.29 is 23.1 Å². The van der Waals surface area contributed by atoms with Crippen LogP contribution in [0.15, 0.2) is 54.9 Å². The molecule has 0 unspecified atom stereocenters. The van der Waals surface area contributed by atoms with Crippen LogP contribution in [0.5, 0.6) is 0 Å². The molecule has 0 aliphatic heterocycles. The number of hydrogen-bond donors (Lipinski definition) is 1. The molecule has 2 aromatic heterocycles. The lowest BCUT2D eigenvalue weighted by atomic mass is 10.1. The maximum Gasteiger partial charge on any atom is 0.490 e. The average molecular weight is 420 g/mol. The number of benzene rings is 1. The number of carboxylic acid groups (broad SMARTS) is 1. The Balaban J connectivity index is 0.000000396. The Morgan fingerprint density at radius 2 is 1.60 bits per heavy atom. The second-order valence-corrected chi connectivity index (χ2v) is 6.92. The number of rotatable bonds is 5. The summed E-state index contributed by atoms with van der Waals surface area (Å²) in [7, 11) is 6.11. The first-order valence-corrected chi connectivity index (χ1v) is 9.01. The molecule has 2 heterocycles. The number of aromatic nitrogens is 2. The predicted octanol–water partition coefficient (Wildman–Crippen LogP) is 3.96. The molecule has 0 aliphatic rings. The van der Waals surface area contributed by atoms with Gasteiger partial charge in [-0.3, -0.25) is 9.88 Å². The maximum absolute atomic E-state index is 10.6. The van der Waals surface area contributed by atoms with E-state index in [0.29, 0.717) is 0 Å². The Bertz CT molecular complexity index is 976. The van der Waals surface area contributed by atoms with Gasteiger partial charge < -0.3 is 10.0 Å². The van der Waals surface area contributed by atoms with E-state index in [1.165, 1.54) is 16.3 Å². The lowest BCUT2D eigenvalue weighted by Gasteiger charge is -2.17. The number of aliphatic carboxylic acids is 1. The van der Waals surface area contributed by atoms with Gasteiger partial charge in [0, 0.05) is 45.0 Å². The van der Waals surface area contributed by atoms with E-state index in [4.69, 9.17) is 9.90 Å². The molecule has 0 bridgehead atoms. The molecule has 0 saturated carbocycles. The number of nitrogens with zero attached hydrogens (tertiary/aromatic N) is 4. The van der Waals surface area contributed by atoms with Crippen molar-refractivity contribution in [3.8, 4) is 0 Å². The minimum Gasteiger partial charge on any atom is -0.475 e. The fraction of sp³-hybridized carbons (Fsp3) is 0.286. The largest absolute Gasteiger partial charge is 0.490 e. The normalized spacial score (nSPS) is 11.2. The van der Waals surface area contributed by atoms with Crippen LogP contribution >= 0.6 is 0 Å². The summed E-state index contributed by atoms with van der Waals surface area (Å²) in [6, 6.07) is 14.7. The van der Waals surface area contributed by atoms with Gasteiger partial charge in [0.25, 0.3) is 0 Å². The molecule has 0 fully saturated rings. The highest BCUT2D eigenvalue weighted by molar-refractivity contribution is 5.81. The van der Waals surface area contributed by atoms with Gasteiger partial charge in [-0.15, -0.1) is 0 Å². The van der Waals surface area contributed by atoms with Crippen LogP contribution in [0.3, 0.4) is 0 Å². The highest BCUT2D eigenvalue weighted by Crippen LogP contribution is 2.15. The van der Waals surface area contributed by atoms with E-state index in [9.17, 15) is 13.2 Å². The minimum atomic E-state index is -5.08. The van der Waals surface area contributed by atoms with Crippen LogP contribution in [0.2, 0.25) is 0 Å². The second kappa shape index (κ2) is 10.0. The number of anilines is 1. The molecular weight excluding hydrogens is 397 g/mol. The van der Waals surface area contributed by atoms with Gasteiger partial charge in [0.2, 0.25) is 0 Å². The van der Waals surface area contributed by atoms with Gasteiger partial charge in [0.05, 0.1) is 5.69 Å². The Morgan fingerprint density at radius 3 is 2.13 bits per heavy atom. The lowest BCUT2D eigenvalue weighted by Crippen LogP contribution is -2.21. The Hall–Kier alpha value is -3.20. The molecule has 0 atom stereocenters. The molecule has 3 rings (SSSR count). The highest BCUT2D eigenvalue weighted by Gasteiger charge is 2.38. The highest BCUT2D eigenvalue weighted by atomic mass is 19.4. The summed E-state index contributed by atoms with van der Waals surface area (Å²) in [6.07, 6.45) is -1.19. The van der Waals surface area contributed by atoms with Crippen molar-refractivity contribution in [1.29, 1.82) is 0 Å². The average Bonchev–Trinajstić information content (AvgIpc) is 2.68. The molecule has 1 aromatic carbocycles. The van der Waals surface area contributed by atoms with Gasteiger partial charge in [-0.2, -0.15) is 13.2 Å². The number of halogens is 3. The van der Waals surface area contributed by atoms with Gasteiger partial charge in [0.1, 0.15) is 5.82 Å². The molecule has 0 saturated heterocycles. The summed E-state index contributed by atoms with van der Waals surface area (Å²) < 4.78 is 31.7. The van der Waals surface area contributed by atoms with Gasteiger partial charge in [-0.1, -0.05) is 30.3 Å². The fourth-order valence-electron chi connectivity index (χ4n) is 2.63. The third-order valence-electron chi connectivity index (χ3n) is 4.08. The molecule has 0 aliphatic carbocycles. The van der Waals surface area contributed by atoms with Crippen LogP contribution in [0, 0.1) is 0 Å². The molecule has 0 amide bonds. The molecule has 0 spiro atoms. The first kappa shape index (κ1) is 23.1. The van der Waals surface area contributed by atoms with Crippen LogP contribution in [-0.2, 0) is 17.9 Å². The zero-order valence-electron chi connectivity index (χ0n) is 16.9. The van der Waals surface area contributed by atoms with Crippen LogP contribution in [-0.4, -0.2) is 53.3 Å². The van der Waals surface area contributed by atoms with Crippen molar-refractivity contribution in [2.75, 3.05) is 26.0 Å². The Kier molecular flexibility index (Phi) is 7.71. The summed E-state index contributed by atoms with van der Waals surface area (Å²) in [4.78, 5) is 22.2. The molecule has 6 nitrogen and oxygen atoms in total. The molecule has 9 heteroatoms. The monoisotopic (exact) mass is 420 g/mol. The zero-order valence-corrected chi connectivity index (χ0v) is 16.9. The Labute approximate surface area is 172 Å². The topological polar surface area (TPSA) is 69.6 Å². The van der Waals surface area contributed by atoms with E-state index in [2.05, 4.69) is 58.3 Å². The van der Waals surface area contributed by atoms with Crippen molar-refractivity contribution in [1.82, 2.24) is 14.9 Å². The number of hydrogen-bond acceptors (Lipinski definition) is 5. The summed E-state index contributed by atoms with van der Waals surface area (Å²) in [5.74, 6) is -1.78. The number of carbonyl (C=O) groups is 1. The third kappa shape index (κ3) is 7.00. The van der Waals surface area contributed by atoms with Crippen LogP contribution in [0.25, 0.3) is 10.8 Å². The van der Waals surface area contributed by atoms with Crippen LogP contribution in [0.1, 0.15) is 11.3 Å². The Morgan fingerprint density at radius 1 is 0.967 bits per heavy atom. The quantitative estimate of drug-likeness (QED) is 0.674. The number of carboxylic acids is 1.